The minimum absolute atomic E-state index is 0.193. The zero-order valence-electron chi connectivity index (χ0n) is 16.3. The first-order valence-electron chi connectivity index (χ1n) is 9.40. The van der Waals surface area contributed by atoms with Gasteiger partial charge in [0.1, 0.15) is 17.6 Å². The lowest BCUT2D eigenvalue weighted by Gasteiger charge is -2.32. The third kappa shape index (κ3) is 7.14. The highest BCUT2D eigenvalue weighted by Crippen LogP contribution is 2.28. The molecule has 3 rings (SSSR count). The standard InChI is InChI=1S/C20H21F3N2O5S/c21-20(22,23)30-18-3-1-2-17(12-18)29-16-8-10-25(11-9-16)19(26)15-6-4-14(5-7-15)13-31(24,27)28/h1-7,12,16H,8-11,13H2,(H2,24,27,28). The van der Waals surface area contributed by atoms with Gasteiger partial charge >= 0.3 is 6.36 Å². The molecule has 1 aliphatic heterocycles. The summed E-state index contributed by atoms with van der Waals surface area (Å²) in [5.74, 6) is -0.596. The molecule has 2 aromatic rings. The van der Waals surface area contributed by atoms with Gasteiger partial charge in [-0.15, -0.1) is 13.2 Å². The van der Waals surface area contributed by atoms with Crippen LogP contribution in [0.3, 0.4) is 0 Å². The van der Waals surface area contributed by atoms with E-state index < -0.39 is 16.4 Å². The summed E-state index contributed by atoms with van der Waals surface area (Å²) in [6.07, 6.45) is -4.00. The lowest BCUT2D eigenvalue weighted by molar-refractivity contribution is -0.274. The van der Waals surface area contributed by atoms with Gasteiger partial charge in [0.2, 0.25) is 10.0 Å². The fourth-order valence-corrected chi connectivity index (χ4v) is 3.93. The summed E-state index contributed by atoms with van der Waals surface area (Å²) in [6.45, 7) is 0.836. The SMILES string of the molecule is NS(=O)(=O)Cc1ccc(C(=O)N2CCC(Oc3cccc(OC(F)(F)F)c3)CC2)cc1. The Balaban J connectivity index is 1.53. The van der Waals surface area contributed by atoms with E-state index in [0.29, 0.717) is 37.1 Å². The minimum Gasteiger partial charge on any atom is -0.490 e. The zero-order valence-corrected chi connectivity index (χ0v) is 17.2. The van der Waals surface area contributed by atoms with Gasteiger partial charge in [-0.05, 0) is 29.8 Å². The Bertz CT molecular complexity index is 1020. The lowest BCUT2D eigenvalue weighted by atomic mass is 10.1. The second kappa shape index (κ2) is 9.15. The van der Waals surface area contributed by atoms with Gasteiger partial charge in [-0.2, -0.15) is 0 Å². The summed E-state index contributed by atoms with van der Waals surface area (Å²) in [4.78, 5) is 14.3. The number of benzene rings is 2. The van der Waals surface area contributed by atoms with Gasteiger partial charge in [-0.3, -0.25) is 4.79 Å². The molecule has 0 saturated carbocycles. The molecule has 1 heterocycles. The largest absolute Gasteiger partial charge is 0.573 e. The average molecular weight is 458 g/mol. The van der Waals surface area contributed by atoms with Crippen LogP contribution in [-0.4, -0.2) is 44.8 Å². The van der Waals surface area contributed by atoms with Crippen LogP contribution in [0.1, 0.15) is 28.8 Å². The number of rotatable bonds is 6. The van der Waals surface area contributed by atoms with Crippen molar-refractivity contribution in [2.24, 2.45) is 5.14 Å². The van der Waals surface area contributed by atoms with Gasteiger partial charge < -0.3 is 14.4 Å². The van der Waals surface area contributed by atoms with E-state index in [9.17, 15) is 26.4 Å². The smallest absolute Gasteiger partial charge is 0.490 e. The molecule has 1 fully saturated rings. The molecule has 0 radical (unpaired) electrons. The van der Waals surface area contributed by atoms with Gasteiger partial charge in [-0.1, -0.05) is 18.2 Å². The van der Waals surface area contributed by atoms with Gasteiger partial charge in [0.25, 0.3) is 5.91 Å². The second-order valence-electron chi connectivity index (χ2n) is 7.14. The van der Waals surface area contributed by atoms with Gasteiger partial charge in [-0.25, -0.2) is 13.6 Å². The van der Waals surface area contributed by atoms with Crippen LogP contribution >= 0.6 is 0 Å². The highest BCUT2D eigenvalue weighted by Gasteiger charge is 2.31. The summed E-state index contributed by atoms with van der Waals surface area (Å²) < 4.78 is 69.0. The summed E-state index contributed by atoms with van der Waals surface area (Å²) in [6, 6.07) is 11.5. The average Bonchev–Trinajstić information content (AvgIpc) is 2.66. The van der Waals surface area contributed by atoms with Crippen molar-refractivity contribution in [1.29, 1.82) is 0 Å². The molecule has 0 aliphatic carbocycles. The van der Waals surface area contributed by atoms with Crippen molar-refractivity contribution in [3.63, 3.8) is 0 Å². The number of halogens is 3. The number of piperidine rings is 1. The van der Waals surface area contributed by atoms with E-state index in [4.69, 9.17) is 9.88 Å². The predicted molar refractivity (Wildman–Crippen MR) is 106 cm³/mol. The Labute approximate surface area is 177 Å². The highest BCUT2D eigenvalue weighted by atomic mass is 32.2. The van der Waals surface area contributed by atoms with Crippen molar-refractivity contribution in [1.82, 2.24) is 4.90 Å². The molecule has 1 saturated heterocycles. The summed E-state index contributed by atoms with van der Waals surface area (Å²) in [7, 11) is -3.65. The number of carbonyl (C=O) groups is 1. The molecule has 168 valence electrons. The molecule has 7 nitrogen and oxygen atoms in total. The maximum atomic E-state index is 12.7. The Morgan fingerprint density at radius 2 is 1.68 bits per heavy atom. The van der Waals surface area contributed by atoms with Gasteiger partial charge in [0, 0.05) is 37.6 Å². The van der Waals surface area contributed by atoms with Crippen LogP contribution in [-0.2, 0) is 15.8 Å². The molecular formula is C20H21F3N2O5S. The van der Waals surface area contributed by atoms with Gasteiger partial charge in [0.15, 0.2) is 0 Å². The topological polar surface area (TPSA) is 98.9 Å². The number of carbonyl (C=O) groups excluding carboxylic acids is 1. The molecule has 1 aliphatic rings. The minimum atomic E-state index is -4.78. The number of likely N-dealkylation sites (tertiary alicyclic amines) is 1. The predicted octanol–water partition coefficient (Wildman–Crippen LogP) is 3.06. The molecule has 0 unspecified atom stereocenters. The van der Waals surface area contributed by atoms with Crippen LogP contribution in [0, 0.1) is 0 Å². The van der Waals surface area contributed by atoms with Crippen LogP contribution in [0.4, 0.5) is 13.2 Å². The van der Waals surface area contributed by atoms with Crippen LogP contribution < -0.4 is 14.6 Å². The summed E-state index contributed by atoms with van der Waals surface area (Å²) in [5.41, 5.74) is 0.914. The fourth-order valence-electron chi connectivity index (χ4n) is 3.27. The highest BCUT2D eigenvalue weighted by molar-refractivity contribution is 7.88. The number of amides is 1. The van der Waals surface area contributed by atoms with Crippen molar-refractivity contribution in [3.8, 4) is 11.5 Å². The second-order valence-corrected chi connectivity index (χ2v) is 8.75. The number of ether oxygens (including phenoxy) is 2. The van der Waals surface area contributed by atoms with E-state index in [2.05, 4.69) is 4.74 Å². The lowest BCUT2D eigenvalue weighted by Crippen LogP contribution is -2.41. The van der Waals surface area contributed by atoms with Crippen LogP contribution in [0.5, 0.6) is 11.5 Å². The number of hydrogen-bond donors (Lipinski definition) is 1. The van der Waals surface area contributed by atoms with Crippen LogP contribution in [0.15, 0.2) is 48.5 Å². The van der Waals surface area contributed by atoms with E-state index in [0.717, 1.165) is 0 Å². The van der Waals surface area contributed by atoms with Crippen molar-refractivity contribution in [2.45, 2.75) is 31.1 Å². The number of hydrogen-bond acceptors (Lipinski definition) is 5. The molecule has 11 heteroatoms. The molecule has 31 heavy (non-hydrogen) atoms. The first kappa shape index (κ1) is 22.9. The zero-order chi connectivity index (χ0) is 22.6. The monoisotopic (exact) mass is 458 g/mol. The molecule has 2 N–H and O–H groups in total. The number of nitrogens with two attached hydrogens (primary N) is 1. The molecule has 0 bridgehead atoms. The maximum Gasteiger partial charge on any atom is 0.573 e. The molecule has 0 aromatic heterocycles. The Hall–Kier alpha value is -2.79. The number of sulfonamides is 1. The molecular weight excluding hydrogens is 437 g/mol. The Morgan fingerprint density at radius 1 is 1.06 bits per heavy atom. The normalized spacial score (nSPS) is 15.5. The van der Waals surface area contributed by atoms with Crippen molar-refractivity contribution < 1.29 is 35.9 Å². The Kier molecular flexibility index (Phi) is 6.75. The first-order chi connectivity index (χ1) is 14.5. The quantitative estimate of drug-likeness (QED) is 0.718. The first-order valence-corrected chi connectivity index (χ1v) is 11.1. The van der Waals surface area contributed by atoms with Crippen LogP contribution in [0.25, 0.3) is 0 Å². The number of nitrogens with zero attached hydrogens (tertiary/aromatic N) is 1. The molecule has 0 atom stereocenters. The number of alkyl halides is 3. The Morgan fingerprint density at radius 3 is 2.26 bits per heavy atom. The third-order valence-corrected chi connectivity index (χ3v) is 5.38. The van der Waals surface area contributed by atoms with E-state index >= 15 is 0 Å². The maximum absolute atomic E-state index is 12.7. The molecule has 1 amide bonds. The summed E-state index contributed by atoms with van der Waals surface area (Å²) >= 11 is 0. The third-order valence-electron chi connectivity index (χ3n) is 4.64. The number of primary sulfonamides is 1. The summed E-state index contributed by atoms with van der Waals surface area (Å²) in [5, 5.41) is 5.01. The fraction of sp³-hybridized carbons (Fsp3) is 0.350. The molecule has 2 aromatic carbocycles. The van der Waals surface area contributed by atoms with E-state index in [-0.39, 0.29) is 29.3 Å². The van der Waals surface area contributed by atoms with Crippen molar-refractivity contribution >= 4 is 15.9 Å². The van der Waals surface area contributed by atoms with Crippen molar-refractivity contribution in [3.05, 3.63) is 59.7 Å². The van der Waals surface area contributed by atoms with Gasteiger partial charge in [0.05, 0.1) is 5.75 Å². The van der Waals surface area contributed by atoms with E-state index in [1.165, 1.54) is 18.2 Å². The molecule has 0 spiro atoms. The van der Waals surface area contributed by atoms with E-state index in [1.807, 2.05) is 0 Å². The van der Waals surface area contributed by atoms with E-state index in [1.54, 1.807) is 35.2 Å². The van der Waals surface area contributed by atoms with Crippen LogP contribution in [0.2, 0.25) is 0 Å². The van der Waals surface area contributed by atoms with Crippen molar-refractivity contribution in [2.75, 3.05) is 13.1 Å².